The summed E-state index contributed by atoms with van der Waals surface area (Å²) in [5.41, 5.74) is 0.446. The minimum atomic E-state index is -3.52. The van der Waals surface area contributed by atoms with Crippen molar-refractivity contribution in [3.05, 3.63) is 29.8 Å². The molecule has 0 aromatic heterocycles. The van der Waals surface area contributed by atoms with E-state index in [0.717, 1.165) is 44.9 Å². The summed E-state index contributed by atoms with van der Waals surface area (Å²) >= 11 is 0. The van der Waals surface area contributed by atoms with Crippen molar-refractivity contribution in [3.63, 3.8) is 0 Å². The first-order valence-corrected chi connectivity index (χ1v) is 11.8. The summed E-state index contributed by atoms with van der Waals surface area (Å²) in [5, 5.41) is 2.85. The van der Waals surface area contributed by atoms with Gasteiger partial charge in [0.2, 0.25) is 10.0 Å². The predicted octanol–water partition coefficient (Wildman–Crippen LogP) is 3.10. The van der Waals surface area contributed by atoms with Crippen molar-refractivity contribution < 1.29 is 22.7 Å². The highest BCUT2D eigenvalue weighted by Crippen LogP contribution is 2.25. The molecule has 0 saturated carbocycles. The van der Waals surface area contributed by atoms with Gasteiger partial charge in [-0.1, -0.05) is 19.3 Å². The maximum absolute atomic E-state index is 12.8. The Bertz CT molecular complexity index is 777. The van der Waals surface area contributed by atoms with Gasteiger partial charge in [-0.25, -0.2) is 8.42 Å². The normalized spacial score (nSPS) is 17.7. The van der Waals surface area contributed by atoms with Crippen LogP contribution in [-0.4, -0.2) is 50.8 Å². The van der Waals surface area contributed by atoms with E-state index in [4.69, 9.17) is 0 Å². The van der Waals surface area contributed by atoms with Gasteiger partial charge in [-0.2, -0.15) is 4.31 Å². The quantitative estimate of drug-likeness (QED) is 0.460. The highest BCUT2D eigenvalue weighted by atomic mass is 32.2. The second kappa shape index (κ2) is 11.3. The van der Waals surface area contributed by atoms with Gasteiger partial charge in [-0.15, -0.1) is 0 Å². The smallest absolute Gasteiger partial charge is 0.305 e. The van der Waals surface area contributed by atoms with E-state index in [1.807, 2.05) is 6.92 Å². The Hall–Kier alpha value is -1.93. The highest BCUT2D eigenvalue weighted by Gasteiger charge is 2.30. The van der Waals surface area contributed by atoms with Gasteiger partial charge in [0.1, 0.15) is 0 Å². The molecular weight excluding hydrogens is 392 g/mol. The summed E-state index contributed by atoms with van der Waals surface area (Å²) in [7, 11) is -2.14. The molecular formula is C21H32N2O5S. The Labute approximate surface area is 173 Å². The van der Waals surface area contributed by atoms with Crippen molar-refractivity contribution >= 4 is 21.9 Å². The third-order valence-electron chi connectivity index (χ3n) is 5.29. The van der Waals surface area contributed by atoms with E-state index in [0.29, 0.717) is 25.1 Å². The molecule has 1 aliphatic heterocycles. The van der Waals surface area contributed by atoms with Crippen LogP contribution in [0.4, 0.5) is 0 Å². The molecule has 1 N–H and O–H groups in total. The molecule has 1 aromatic carbocycles. The van der Waals surface area contributed by atoms with Gasteiger partial charge in [0.15, 0.2) is 0 Å². The molecule has 1 aliphatic rings. The molecule has 8 heteroatoms. The number of benzene rings is 1. The molecule has 162 valence electrons. The van der Waals surface area contributed by atoms with Crippen LogP contribution >= 0.6 is 0 Å². The Morgan fingerprint density at radius 1 is 1.10 bits per heavy atom. The summed E-state index contributed by atoms with van der Waals surface area (Å²) in [6.07, 6.45) is 6.67. The first kappa shape index (κ1) is 23.3. The lowest BCUT2D eigenvalue weighted by atomic mass is 10.1. The zero-order valence-corrected chi connectivity index (χ0v) is 18.2. The molecule has 1 amide bonds. The fourth-order valence-corrected chi connectivity index (χ4v) is 5.20. The summed E-state index contributed by atoms with van der Waals surface area (Å²) < 4.78 is 31.8. The molecule has 29 heavy (non-hydrogen) atoms. The van der Waals surface area contributed by atoms with Crippen LogP contribution < -0.4 is 5.32 Å². The topological polar surface area (TPSA) is 92.8 Å². The van der Waals surface area contributed by atoms with Crippen LogP contribution in [0.5, 0.6) is 0 Å². The number of hydrogen-bond acceptors (Lipinski definition) is 5. The number of rotatable bonds is 10. The Kier molecular flexibility index (Phi) is 9.10. The van der Waals surface area contributed by atoms with Gasteiger partial charge in [-0.3, -0.25) is 9.59 Å². The molecule has 0 spiro atoms. The summed E-state index contributed by atoms with van der Waals surface area (Å²) in [4.78, 5) is 23.5. The fraction of sp³-hybridized carbons (Fsp3) is 0.619. The monoisotopic (exact) mass is 424 g/mol. The number of sulfonamides is 1. The Morgan fingerprint density at radius 3 is 2.45 bits per heavy atom. The Morgan fingerprint density at radius 2 is 1.79 bits per heavy atom. The first-order valence-electron chi connectivity index (χ1n) is 10.3. The minimum absolute atomic E-state index is 0.00402. The molecule has 0 radical (unpaired) electrons. The van der Waals surface area contributed by atoms with E-state index in [2.05, 4.69) is 10.1 Å². The van der Waals surface area contributed by atoms with Gasteiger partial charge in [-0.05, 0) is 56.9 Å². The van der Waals surface area contributed by atoms with E-state index in [1.165, 1.54) is 19.2 Å². The third-order valence-corrected chi connectivity index (χ3v) is 7.31. The standard InChI is InChI=1S/C21H32N2O5S/c1-17-9-6-8-16-23(17)29(26,27)19-13-11-18(12-14-19)21(25)22-15-7-4-3-5-10-20(24)28-2/h11-14,17H,3-10,15-16H2,1-2H3,(H,22,25). The van der Waals surface area contributed by atoms with Crippen LogP contribution in [-0.2, 0) is 19.6 Å². The SMILES string of the molecule is COC(=O)CCCCCCNC(=O)c1ccc(S(=O)(=O)N2CCCCC2C)cc1. The first-order chi connectivity index (χ1) is 13.9. The van der Waals surface area contributed by atoms with Gasteiger partial charge < -0.3 is 10.1 Å². The zero-order chi connectivity index (χ0) is 21.3. The average Bonchev–Trinajstić information content (AvgIpc) is 2.73. The maximum Gasteiger partial charge on any atom is 0.305 e. The van der Waals surface area contributed by atoms with Crippen molar-refractivity contribution in [1.29, 1.82) is 0 Å². The number of hydrogen-bond donors (Lipinski definition) is 1. The zero-order valence-electron chi connectivity index (χ0n) is 17.4. The molecule has 7 nitrogen and oxygen atoms in total. The number of methoxy groups -OCH3 is 1. The lowest BCUT2D eigenvalue weighted by molar-refractivity contribution is -0.140. The summed E-state index contributed by atoms with van der Waals surface area (Å²) in [5.74, 6) is -0.409. The summed E-state index contributed by atoms with van der Waals surface area (Å²) in [6, 6.07) is 6.15. The molecule has 1 saturated heterocycles. The number of amides is 1. The molecule has 1 aromatic rings. The van der Waals surface area contributed by atoms with Crippen LogP contribution in [0.3, 0.4) is 0 Å². The van der Waals surface area contributed by atoms with Crippen molar-refractivity contribution in [2.75, 3.05) is 20.2 Å². The molecule has 0 aliphatic carbocycles. The maximum atomic E-state index is 12.8. The molecule has 1 fully saturated rings. The Balaban J connectivity index is 1.79. The van der Waals surface area contributed by atoms with Gasteiger partial charge in [0.05, 0.1) is 12.0 Å². The third kappa shape index (κ3) is 6.82. The average molecular weight is 425 g/mol. The summed E-state index contributed by atoms with van der Waals surface area (Å²) in [6.45, 7) is 3.03. The number of nitrogens with zero attached hydrogens (tertiary/aromatic N) is 1. The van der Waals surface area contributed by atoms with Crippen LogP contribution in [0.15, 0.2) is 29.2 Å². The van der Waals surface area contributed by atoms with Crippen molar-refractivity contribution in [3.8, 4) is 0 Å². The van der Waals surface area contributed by atoms with Crippen LogP contribution in [0.1, 0.15) is 68.6 Å². The van der Waals surface area contributed by atoms with E-state index in [9.17, 15) is 18.0 Å². The lowest BCUT2D eigenvalue weighted by Crippen LogP contribution is -2.41. The number of unbranched alkanes of at least 4 members (excludes halogenated alkanes) is 3. The van der Waals surface area contributed by atoms with E-state index < -0.39 is 10.0 Å². The van der Waals surface area contributed by atoms with E-state index in [-0.39, 0.29) is 22.8 Å². The van der Waals surface area contributed by atoms with Crippen molar-refractivity contribution in [2.45, 2.75) is 69.2 Å². The molecule has 0 bridgehead atoms. The second-order valence-corrected chi connectivity index (χ2v) is 9.37. The van der Waals surface area contributed by atoms with Crippen LogP contribution in [0.25, 0.3) is 0 Å². The minimum Gasteiger partial charge on any atom is -0.469 e. The van der Waals surface area contributed by atoms with Gasteiger partial charge >= 0.3 is 5.97 Å². The van der Waals surface area contributed by atoms with E-state index in [1.54, 1.807) is 16.4 Å². The lowest BCUT2D eigenvalue weighted by Gasteiger charge is -2.32. The van der Waals surface area contributed by atoms with E-state index >= 15 is 0 Å². The molecule has 2 rings (SSSR count). The van der Waals surface area contributed by atoms with Gasteiger partial charge in [0, 0.05) is 31.1 Å². The number of esters is 1. The molecule has 1 heterocycles. The highest BCUT2D eigenvalue weighted by molar-refractivity contribution is 7.89. The fourth-order valence-electron chi connectivity index (χ4n) is 3.50. The molecule has 1 unspecified atom stereocenters. The largest absolute Gasteiger partial charge is 0.469 e. The number of piperidine rings is 1. The van der Waals surface area contributed by atoms with Crippen LogP contribution in [0.2, 0.25) is 0 Å². The van der Waals surface area contributed by atoms with Gasteiger partial charge in [0.25, 0.3) is 5.91 Å². The number of ether oxygens (including phenoxy) is 1. The molecule has 1 atom stereocenters. The second-order valence-electron chi connectivity index (χ2n) is 7.48. The number of carbonyl (C=O) groups is 2. The van der Waals surface area contributed by atoms with Crippen molar-refractivity contribution in [1.82, 2.24) is 9.62 Å². The van der Waals surface area contributed by atoms with Crippen LogP contribution in [0, 0.1) is 0 Å². The predicted molar refractivity (Wildman–Crippen MR) is 111 cm³/mol. The number of carbonyl (C=O) groups excluding carboxylic acids is 2. The van der Waals surface area contributed by atoms with Crippen molar-refractivity contribution in [2.24, 2.45) is 0 Å². The number of nitrogens with one attached hydrogen (secondary N) is 1.